The number of hydrogen-bond donors (Lipinski definition) is 2. The lowest BCUT2D eigenvalue weighted by molar-refractivity contribution is -0.123. The summed E-state index contributed by atoms with van der Waals surface area (Å²) in [6.07, 6.45) is 3.59. The van der Waals surface area contributed by atoms with E-state index in [-0.39, 0.29) is 17.9 Å². The van der Waals surface area contributed by atoms with Crippen LogP contribution in [0.2, 0.25) is 5.02 Å². The number of carbonyl (C=O) groups excluding carboxylic acids is 1. The van der Waals surface area contributed by atoms with Crippen LogP contribution in [0.15, 0.2) is 18.2 Å². The van der Waals surface area contributed by atoms with Gasteiger partial charge in [0, 0.05) is 5.69 Å². The molecule has 0 aromatic heterocycles. The Bertz CT molecular complexity index is 498. The van der Waals surface area contributed by atoms with Crippen molar-refractivity contribution in [3.05, 3.63) is 23.2 Å². The predicted octanol–water partition coefficient (Wildman–Crippen LogP) is 3.37. The first-order chi connectivity index (χ1) is 9.99. The van der Waals surface area contributed by atoms with Crippen LogP contribution in [0.4, 0.5) is 11.4 Å². The van der Waals surface area contributed by atoms with Gasteiger partial charge in [-0.3, -0.25) is 9.69 Å². The van der Waals surface area contributed by atoms with Gasteiger partial charge in [0.15, 0.2) is 0 Å². The van der Waals surface area contributed by atoms with E-state index in [9.17, 15) is 4.79 Å². The minimum Gasteiger partial charge on any atom is -0.399 e. The Hall–Kier alpha value is -1.26. The number of hydrogen-bond acceptors (Lipinski definition) is 3. The van der Waals surface area contributed by atoms with Gasteiger partial charge in [-0.2, -0.15) is 0 Å². The third kappa shape index (κ3) is 4.11. The average molecular weight is 310 g/mol. The fourth-order valence-electron chi connectivity index (χ4n) is 2.93. The molecule has 1 aromatic carbocycles. The number of halogens is 1. The molecule has 2 rings (SSSR count). The molecule has 0 radical (unpaired) electrons. The van der Waals surface area contributed by atoms with Crippen LogP contribution in [0.5, 0.6) is 0 Å². The Kier molecular flexibility index (Phi) is 5.48. The molecule has 1 atom stereocenters. The van der Waals surface area contributed by atoms with Gasteiger partial charge in [0.1, 0.15) is 0 Å². The van der Waals surface area contributed by atoms with E-state index in [1.165, 1.54) is 19.3 Å². The highest BCUT2D eigenvalue weighted by molar-refractivity contribution is 6.34. The molecule has 3 N–H and O–H groups in total. The molecule has 1 heterocycles. The summed E-state index contributed by atoms with van der Waals surface area (Å²) >= 11 is 6.14. The first-order valence-electron chi connectivity index (χ1n) is 7.59. The van der Waals surface area contributed by atoms with E-state index < -0.39 is 0 Å². The molecular weight excluding hydrogens is 286 g/mol. The lowest BCUT2D eigenvalue weighted by Gasteiger charge is -2.35. The molecule has 116 valence electrons. The summed E-state index contributed by atoms with van der Waals surface area (Å²) in [5.41, 5.74) is 6.89. The molecule has 1 amide bonds. The summed E-state index contributed by atoms with van der Waals surface area (Å²) in [5.74, 6) is 0.272. The minimum atomic E-state index is -0.112. The van der Waals surface area contributed by atoms with Gasteiger partial charge in [0.25, 0.3) is 0 Å². The number of likely N-dealkylation sites (tertiary alicyclic amines) is 1. The summed E-state index contributed by atoms with van der Waals surface area (Å²) < 4.78 is 0. The van der Waals surface area contributed by atoms with Gasteiger partial charge in [-0.15, -0.1) is 0 Å². The van der Waals surface area contributed by atoms with Crippen LogP contribution in [-0.2, 0) is 4.79 Å². The molecule has 0 spiro atoms. The third-order valence-electron chi connectivity index (χ3n) is 3.94. The average Bonchev–Trinajstić information content (AvgIpc) is 2.43. The summed E-state index contributed by atoms with van der Waals surface area (Å²) in [4.78, 5) is 14.9. The standard InChI is InChI=1S/C16H24ClN3O/c1-11(2)15(20-8-4-3-5-9-20)16(21)19-14-7-6-12(18)10-13(14)17/h6-7,10-11,15H,3-5,8-9,18H2,1-2H3,(H,19,21). The summed E-state index contributed by atoms with van der Waals surface area (Å²) in [7, 11) is 0. The van der Waals surface area contributed by atoms with Crippen LogP contribution in [0.1, 0.15) is 33.1 Å². The van der Waals surface area contributed by atoms with Gasteiger partial charge < -0.3 is 11.1 Å². The highest BCUT2D eigenvalue weighted by Crippen LogP contribution is 2.25. The highest BCUT2D eigenvalue weighted by atomic mass is 35.5. The number of piperidine rings is 1. The van der Waals surface area contributed by atoms with Crippen molar-refractivity contribution < 1.29 is 4.79 Å². The first kappa shape index (κ1) is 16.1. The zero-order valence-electron chi connectivity index (χ0n) is 12.7. The van der Waals surface area contributed by atoms with Crippen molar-refractivity contribution in [1.82, 2.24) is 4.90 Å². The monoisotopic (exact) mass is 309 g/mol. The summed E-state index contributed by atoms with van der Waals surface area (Å²) in [5, 5.41) is 3.42. The van der Waals surface area contributed by atoms with Crippen molar-refractivity contribution in [3.8, 4) is 0 Å². The van der Waals surface area contributed by atoms with Crippen molar-refractivity contribution in [2.24, 2.45) is 5.92 Å². The molecule has 1 fully saturated rings. The molecule has 0 saturated carbocycles. The van der Waals surface area contributed by atoms with E-state index in [0.717, 1.165) is 13.1 Å². The number of amides is 1. The summed E-state index contributed by atoms with van der Waals surface area (Å²) in [6.45, 7) is 6.16. The largest absolute Gasteiger partial charge is 0.399 e. The molecular formula is C16H24ClN3O. The molecule has 4 nitrogen and oxygen atoms in total. The first-order valence-corrected chi connectivity index (χ1v) is 7.97. The van der Waals surface area contributed by atoms with Gasteiger partial charge in [-0.1, -0.05) is 31.9 Å². The van der Waals surface area contributed by atoms with Gasteiger partial charge in [0.05, 0.1) is 16.8 Å². The van der Waals surface area contributed by atoms with Crippen LogP contribution >= 0.6 is 11.6 Å². The van der Waals surface area contributed by atoms with Gasteiger partial charge in [0.2, 0.25) is 5.91 Å². The van der Waals surface area contributed by atoms with E-state index in [2.05, 4.69) is 24.1 Å². The molecule has 1 aromatic rings. The Labute approximate surface area is 131 Å². The van der Waals surface area contributed by atoms with Crippen molar-refractivity contribution in [3.63, 3.8) is 0 Å². The molecule has 1 unspecified atom stereocenters. The Morgan fingerprint density at radius 1 is 1.29 bits per heavy atom. The second kappa shape index (κ2) is 7.14. The topological polar surface area (TPSA) is 58.4 Å². The number of rotatable bonds is 4. The van der Waals surface area contributed by atoms with Crippen LogP contribution in [-0.4, -0.2) is 29.9 Å². The fraction of sp³-hybridized carbons (Fsp3) is 0.562. The fourth-order valence-corrected chi connectivity index (χ4v) is 3.16. The summed E-state index contributed by atoms with van der Waals surface area (Å²) in [6, 6.07) is 5.04. The Morgan fingerprint density at radius 2 is 1.95 bits per heavy atom. The van der Waals surface area contributed by atoms with Crippen LogP contribution in [0.25, 0.3) is 0 Å². The van der Waals surface area contributed by atoms with E-state index in [1.807, 2.05) is 0 Å². The molecule has 21 heavy (non-hydrogen) atoms. The maximum atomic E-state index is 12.6. The number of nitrogens with two attached hydrogens (primary N) is 1. The number of benzene rings is 1. The number of nitrogens with one attached hydrogen (secondary N) is 1. The van der Waals surface area contributed by atoms with Crippen molar-refractivity contribution in [2.75, 3.05) is 24.1 Å². The number of nitrogen functional groups attached to an aromatic ring is 1. The quantitative estimate of drug-likeness (QED) is 0.838. The van der Waals surface area contributed by atoms with Crippen LogP contribution < -0.4 is 11.1 Å². The number of anilines is 2. The SMILES string of the molecule is CC(C)C(C(=O)Nc1ccc(N)cc1Cl)N1CCCCC1. The molecule has 0 aliphatic carbocycles. The van der Waals surface area contributed by atoms with E-state index in [1.54, 1.807) is 18.2 Å². The minimum absolute atomic E-state index is 0.0126. The number of nitrogens with zero attached hydrogens (tertiary/aromatic N) is 1. The Morgan fingerprint density at radius 3 is 2.52 bits per heavy atom. The normalized spacial score (nSPS) is 17.7. The van der Waals surface area contributed by atoms with E-state index >= 15 is 0 Å². The highest BCUT2D eigenvalue weighted by Gasteiger charge is 2.30. The van der Waals surface area contributed by atoms with Gasteiger partial charge in [-0.05, 0) is 50.0 Å². The maximum Gasteiger partial charge on any atom is 0.242 e. The maximum absolute atomic E-state index is 12.6. The molecule has 1 aliphatic rings. The number of carbonyl (C=O) groups is 1. The van der Waals surface area contributed by atoms with E-state index in [0.29, 0.717) is 16.4 Å². The van der Waals surface area contributed by atoms with Crippen LogP contribution in [0.3, 0.4) is 0 Å². The van der Waals surface area contributed by atoms with Crippen molar-refractivity contribution >= 4 is 28.9 Å². The second-order valence-corrected chi connectivity index (χ2v) is 6.42. The van der Waals surface area contributed by atoms with E-state index in [4.69, 9.17) is 17.3 Å². The van der Waals surface area contributed by atoms with Gasteiger partial charge in [-0.25, -0.2) is 0 Å². The second-order valence-electron chi connectivity index (χ2n) is 6.01. The molecule has 5 heteroatoms. The molecule has 1 aliphatic heterocycles. The zero-order chi connectivity index (χ0) is 15.4. The molecule has 1 saturated heterocycles. The zero-order valence-corrected chi connectivity index (χ0v) is 13.5. The lowest BCUT2D eigenvalue weighted by atomic mass is 9.98. The smallest absolute Gasteiger partial charge is 0.242 e. The third-order valence-corrected chi connectivity index (χ3v) is 4.25. The van der Waals surface area contributed by atoms with Gasteiger partial charge >= 0.3 is 0 Å². The van der Waals surface area contributed by atoms with Crippen molar-refractivity contribution in [1.29, 1.82) is 0 Å². The van der Waals surface area contributed by atoms with Crippen molar-refractivity contribution in [2.45, 2.75) is 39.2 Å². The van der Waals surface area contributed by atoms with Crippen LogP contribution in [0, 0.1) is 5.92 Å². The lowest BCUT2D eigenvalue weighted by Crippen LogP contribution is -2.49. The predicted molar refractivity (Wildman–Crippen MR) is 88.5 cm³/mol. The molecule has 0 bridgehead atoms. The Balaban J connectivity index is 2.11.